The van der Waals surface area contributed by atoms with E-state index in [4.69, 9.17) is 4.42 Å². The molecule has 17 heavy (non-hydrogen) atoms. The Bertz CT molecular complexity index is 359. The molecule has 2 heterocycles. The third-order valence-corrected chi connectivity index (χ3v) is 1.93. The van der Waals surface area contributed by atoms with Crippen molar-refractivity contribution >= 4 is 0 Å². The molecule has 2 aromatic rings. The molecule has 0 saturated carbocycles. The van der Waals surface area contributed by atoms with Crippen molar-refractivity contribution in [3.8, 4) is 0 Å². The first-order valence-corrected chi connectivity index (χ1v) is 6.00. The molecule has 0 aromatic carbocycles. The summed E-state index contributed by atoms with van der Waals surface area (Å²) in [7, 11) is 0. The molecule has 0 bridgehead atoms. The lowest BCUT2D eigenvalue weighted by Crippen LogP contribution is -1.81. The van der Waals surface area contributed by atoms with E-state index in [0.717, 1.165) is 11.5 Å². The second-order valence-electron chi connectivity index (χ2n) is 3.84. The Morgan fingerprint density at radius 3 is 1.94 bits per heavy atom. The van der Waals surface area contributed by atoms with E-state index in [2.05, 4.69) is 31.8 Å². The van der Waals surface area contributed by atoms with Gasteiger partial charge in [0.15, 0.2) is 0 Å². The van der Waals surface area contributed by atoms with Gasteiger partial charge in [0.25, 0.3) is 0 Å². The summed E-state index contributed by atoms with van der Waals surface area (Å²) in [6.45, 7) is 10.2. The number of hydrogen-bond donors (Lipinski definition) is 0. The third kappa shape index (κ3) is 8.26. The second-order valence-corrected chi connectivity index (χ2v) is 3.84. The molecule has 0 radical (unpaired) electrons. The first-order valence-electron chi connectivity index (χ1n) is 6.00. The van der Waals surface area contributed by atoms with Gasteiger partial charge >= 0.3 is 0 Å². The molecule has 0 aliphatic rings. The van der Waals surface area contributed by atoms with E-state index in [0.29, 0.717) is 0 Å². The number of nitrogens with zero attached hydrogens (tertiary/aromatic N) is 1. The summed E-state index contributed by atoms with van der Waals surface area (Å²) in [6.07, 6.45) is 4.72. The van der Waals surface area contributed by atoms with Crippen LogP contribution in [0.2, 0.25) is 0 Å². The highest BCUT2D eigenvalue weighted by Crippen LogP contribution is 1.98. The molecule has 0 atom stereocenters. The van der Waals surface area contributed by atoms with Crippen LogP contribution in [0, 0.1) is 20.8 Å². The quantitative estimate of drug-likeness (QED) is 0.659. The SMILES string of the molecule is CCC.Cc1cccnc1C.Cc1ccco1. The van der Waals surface area contributed by atoms with Crippen molar-refractivity contribution in [3.63, 3.8) is 0 Å². The smallest absolute Gasteiger partial charge is 0.100 e. The van der Waals surface area contributed by atoms with E-state index < -0.39 is 0 Å². The fourth-order valence-corrected chi connectivity index (χ4v) is 0.925. The molecule has 0 fully saturated rings. The van der Waals surface area contributed by atoms with E-state index in [1.807, 2.05) is 38.2 Å². The highest BCUT2D eigenvalue weighted by molar-refractivity contribution is 5.15. The Morgan fingerprint density at radius 2 is 1.71 bits per heavy atom. The average Bonchev–Trinajstić information content (AvgIpc) is 2.76. The van der Waals surface area contributed by atoms with Gasteiger partial charge in [-0.3, -0.25) is 4.98 Å². The third-order valence-electron chi connectivity index (χ3n) is 1.93. The van der Waals surface area contributed by atoms with Crippen molar-refractivity contribution in [1.29, 1.82) is 0 Å². The molecule has 2 rings (SSSR count). The second kappa shape index (κ2) is 9.64. The number of hydrogen-bond acceptors (Lipinski definition) is 2. The molecule has 2 heteroatoms. The molecular formula is C15H23NO. The minimum Gasteiger partial charge on any atom is -0.470 e. The number of aromatic nitrogens is 1. The van der Waals surface area contributed by atoms with Gasteiger partial charge in [0.05, 0.1) is 6.26 Å². The van der Waals surface area contributed by atoms with Gasteiger partial charge in [-0.15, -0.1) is 0 Å². The summed E-state index contributed by atoms with van der Waals surface area (Å²) in [6, 6.07) is 7.79. The van der Waals surface area contributed by atoms with Gasteiger partial charge in [-0.1, -0.05) is 26.3 Å². The minimum atomic E-state index is 0.968. The van der Waals surface area contributed by atoms with Crippen LogP contribution in [0.3, 0.4) is 0 Å². The Labute approximate surface area is 105 Å². The van der Waals surface area contributed by atoms with Crippen LogP contribution in [0.1, 0.15) is 37.3 Å². The van der Waals surface area contributed by atoms with Crippen LogP contribution in [-0.4, -0.2) is 4.98 Å². The van der Waals surface area contributed by atoms with E-state index >= 15 is 0 Å². The molecule has 2 aromatic heterocycles. The average molecular weight is 233 g/mol. The maximum absolute atomic E-state index is 4.83. The maximum atomic E-state index is 4.83. The van der Waals surface area contributed by atoms with E-state index in [9.17, 15) is 0 Å². The number of pyridine rings is 1. The van der Waals surface area contributed by atoms with E-state index in [1.165, 1.54) is 12.0 Å². The van der Waals surface area contributed by atoms with Gasteiger partial charge in [-0.05, 0) is 44.5 Å². The van der Waals surface area contributed by atoms with Crippen molar-refractivity contribution in [2.75, 3.05) is 0 Å². The molecule has 0 aliphatic carbocycles. The molecule has 0 saturated heterocycles. The van der Waals surface area contributed by atoms with Gasteiger partial charge in [0.1, 0.15) is 5.76 Å². The molecule has 2 nitrogen and oxygen atoms in total. The number of furan rings is 1. The number of aryl methyl sites for hydroxylation is 3. The molecule has 0 unspecified atom stereocenters. The molecule has 0 amide bonds. The van der Waals surface area contributed by atoms with Gasteiger partial charge in [0.2, 0.25) is 0 Å². The summed E-state index contributed by atoms with van der Waals surface area (Å²) < 4.78 is 4.83. The standard InChI is InChI=1S/C7H9N.C5H6O.C3H8/c1-6-4-3-5-8-7(6)2;1-5-3-2-4-6-5;1-3-2/h3-5H,1-2H3;2-4H,1H3;3H2,1-2H3. The fraction of sp³-hybridized carbons (Fsp3) is 0.400. The predicted molar refractivity (Wildman–Crippen MR) is 73.1 cm³/mol. The van der Waals surface area contributed by atoms with Crippen LogP contribution in [0.5, 0.6) is 0 Å². The summed E-state index contributed by atoms with van der Waals surface area (Å²) in [4.78, 5) is 4.08. The van der Waals surface area contributed by atoms with Crippen molar-refractivity contribution in [1.82, 2.24) is 4.98 Å². The number of rotatable bonds is 0. The van der Waals surface area contributed by atoms with Gasteiger partial charge < -0.3 is 4.42 Å². The van der Waals surface area contributed by atoms with Crippen molar-refractivity contribution in [3.05, 3.63) is 53.7 Å². The van der Waals surface area contributed by atoms with Gasteiger partial charge in [-0.2, -0.15) is 0 Å². The van der Waals surface area contributed by atoms with Crippen LogP contribution in [-0.2, 0) is 0 Å². The maximum Gasteiger partial charge on any atom is 0.100 e. The first-order chi connectivity index (χ1) is 8.11. The molecule has 0 aliphatic heterocycles. The van der Waals surface area contributed by atoms with Crippen LogP contribution in [0.4, 0.5) is 0 Å². The first kappa shape index (κ1) is 15.4. The largest absolute Gasteiger partial charge is 0.470 e. The summed E-state index contributed by atoms with van der Waals surface area (Å²) in [5.41, 5.74) is 2.38. The van der Waals surface area contributed by atoms with Crippen molar-refractivity contribution in [2.24, 2.45) is 0 Å². The van der Waals surface area contributed by atoms with Crippen LogP contribution < -0.4 is 0 Å². The van der Waals surface area contributed by atoms with E-state index in [-0.39, 0.29) is 0 Å². The highest BCUT2D eigenvalue weighted by atomic mass is 16.3. The van der Waals surface area contributed by atoms with Crippen molar-refractivity contribution < 1.29 is 4.42 Å². The Kier molecular flexibility index (Phi) is 8.75. The highest BCUT2D eigenvalue weighted by Gasteiger charge is 1.85. The molecular weight excluding hydrogens is 210 g/mol. The van der Waals surface area contributed by atoms with Gasteiger partial charge in [0, 0.05) is 11.9 Å². The lowest BCUT2D eigenvalue weighted by molar-refractivity contribution is 0.534. The Balaban J connectivity index is 0.000000252. The summed E-state index contributed by atoms with van der Waals surface area (Å²) >= 11 is 0. The Morgan fingerprint density at radius 1 is 1.06 bits per heavy atom. The topological polar surface area (TPSA) is 26.0 Å². The lowest BCUT2D eigenvalue weighted by Gasteiger charge is -1.92. The summed E-state index contributed by atoms with van der Waals surface area (Å²) in [5, 5.41) is 0. The fourth-order valence-electron chi connectivity index (χ4n) is 0.925. The normalized spacial score (nSPS) is 8.53. The van der Waals surface area contributed by atoms with E-state index in [1.54, 1.807) is 6.26 Å². The molecule has 0 N–H and O–H groups in total. The van der Waals surface area contributed by atoms with Crippen molar-refractivity contribution in [2.45, 2.75) is 41.0 Å². The van der Waals surface area contributed by atoms with Crippen LogP contribution in [0.25, 0.3) is 0 Å². The zero-order valence-corrected chi connectivity index (χ0v) is 11.5. The predicted octanol–water partition coefficient (Wildman–Crippen LogP) is 4.70. The van der Waals surface area contributed by atoms with Crippen LogP contribution >= 0.6 is 0 Å². The zero-order chi connectivity index (χ0) is 13.1. The summed E-state index contributed by atoms with van der Waals surface area (Å²) in [5.74, 6) is 0.968. The Hall–Kier alpha value is -1.57. The lowest BCUT2D eigenvalue weighted by atomic mass is 10.2. The molecule has 0 spiro atoms. The minimum absolute atomic E-state index is 0.968. The molecule has 94 valence electrons. The van der Waals surface area contributed by atoms with Crippen LogP contribution in [0.15, 0.2) is 41.1 Å². The zero-order valence-electron chi connectivity index (χ0n) is 11.5. The van der Waals surface area contributed by atoms with Gasteiger partial charge in [-0.25, -0.2) is 0 Å². The monoisotopic (exact) mass is 233 g/mol.